The van der Waals surface area contributed by atoms with Crippen molar-refractivity contribution in [3.8, 4) is 5.75 Å². The molecule has 1 fully saturated rings. The minimum absolute atomic E-state index is 0.109. The Hall–Kier alpha value is -2.82. The van der Waals surface area contributed by atoms with Gasteiger partial charge >= 0.3 is 0 Å². The van der Waals surface area contributed by atoms with E-state index < -0.39 is 6.10 Å². The summed E-state index contributed by atoms with van der Waals surface area (Å²) in [4.78, 5) is 24.4. The lowest BCUT2D eigenvalue weighted by molar-refractivity contribution is -0.122. The highest BCUT2D eigenvalue weighted by Gasteiger charge is 2.24. The van der Waals surface area contributed by atoms with Gasteiger partial charge in [0.05, 0.1) is 0 Å². The molecule has 0 heterocycles. The summed E-state index contributed by atoms with van der Waals surface area (Å²) in [6.07, 6.45) is 1.43. The SMILES string of the molecule is Cc1ccc(O[C@@H](C)C(=O)Nc2cccc(C(=O)NC3CC3)c2)cc1. The molecule has 0 radical (unpaired) electrons. The van der Waals surface area contributed by atoms with Crippen molar-refractivity contribution in [3.05, 3.63) is 59.7 Å². The van der Waals surface area contributed by atoms with E-state index in [0.29, 0.717) is 23.0 Å². The molecule has 2 aromatic rings. The second kappa shape index (κ2) is 7.38. The van der Waals surface area contributed by atoms with E-state index in [1.165, 1.54) is 0 Å². The number of benzene rings is 2. The number of hydrogen-bond donors (Lipinski definition) is 2. The summed E-state index contributed by atoms with van der Waals surface area (Å²) in [5.74, 6) is 0.272. The molecule has 2 amide bonds. The van der Waals surface area contributed by atoms with Crippen molar-refractivity contribution < 1.29 is 14.3 Å². The number of carbonyl (C=O) groups excluding carboxylic acids is 2. The van der Waals surface area contributed by atoms with Crippen LogP contribution in [0, 0.1) is 6.92 Å². The lowest BCUT2D eigenvalue weighted by Gasteiger charge is -2.15. The molecule has 5 nitrogen and oxygen atoms in total. The second-order valence-electron chi connectivity index (χ2n) is 6.39. The van der Waals surface area contributed by atoms with E-state index in [-0.39, 0.29) is 11.8 Å². The van der Waals surface area contributed by atoms with E-state index in [0.717, 1.165) is 18.4 Å². The minimum Gasteiger partial charge on any atom is -0.481 e. The summed E-state index contributed by atoms with van der Waals surface area (Å²) in [5.41, 5.74) is 2.25. The second-order valence-corrected chi connectivity index (χ2v) is 6.39. The van der Waals surface area contributed by atoms with Gasteiger partial charge in [-0.15, -0.1) is 0 Å². The van der Waals surface area contributed by atoms with Gasteiger partial charge in [-0.2, -0.15) is 0 Å². The van der Waals surface area contributed by atoms with Gasteiger partial charge in [0, 0.05) is 17.3 Å². The normalized spacial score (nSPS) is 14.5. The molecule has 130 valence electrons. The molecule has 25 heavy (non-hydrogen) atoms. The molecule has 1 atom stereocenters. The molecule has 1 saturated carbocycles. The largest absolute Gasteiger partial charge is 0.481 e. The number of amides is 2. The monoisotopic (exact) mass is 338 g/mol. The van der Waals surface area contributed by atoms with Gasteiger partial charge in [0.15, 0.2) is 6.10 Å². The average Bonchev–Trinajstić information content (AvgIpc) is 3.41. The predicted molar refractivity (Wildman–Crippen MR) is 96.8 cm³/mol. The Labute approximate surface area is 147 Å². The molecular weight excluding hydrogens is 316 g/mol. The first-order valence-electron chi connectivity index (χ1n) is 8.46. The molecule has 0 saturated heterocycles. The fourth-order valence-corrected chi connectivity index (χ4v) is 2.35. The first kappa shape index (κ1) is 17.0. The summed E-state index contributed by atoms with van der Waals surface area (Å²) in [6.45, 7) is 3.69. The van der Waals surface area contributed by atoms with Crippen LogP contribution in [-0.4, -0.2) is 24.0 Å². The van der Waals surface area contributed by atoms with Gasteiger partial charge in [-0.25, -0.2) is 0 Å². The zero-order valence-corrected chi connectivity index (χ0v) is 14.4. The lowest BCUT2D eigenvalue weighted by Crippen LogP contribution is -2.30. The number of aryl methyl sites for hydroxylation is 1. The number of hydrogen-bond acceptors (Lipinski definition) is 3. The minimum atomic E-state index is -0.647. The third-order valence-electron chi connectivity index (χ3n) is 4.01. The first-order chi connectivity index (χ1) is 12.0. The first-order valence-corrected chi connectivity index (χ1v) is 8.46. The number of anilines is 1. The van der Waals surface area contributed by atoms with E-state index in [2.05, 4.69) is 10.6 Å². The van der Waals surface area contributed by atoms with Crippen LogP contribution in [0.3, 0.4) is 0 Å². The van der Waals surface area contributed by atoms with Gasteiger partial charge in [0.25, 0.3) is 11.8 Å². The Morgan fingerprint density at radius 1 is 1.12 bits per heavy atom. The van der Waals surface area contributed by atoms with Crippen LogP contribution in [0.4, 0.5) is 5.69 Å². The van der Waals surface area contributed by atoms with E-state index in [1.807, 2.05) is 31.2 Å². The zero-order chi connectivity index (χ0) is 17.8. The molecule has 0 spiro atoms. The quantitative estimate of drug-likeness (QED) is 0.849. The van der Waals surface area contributed by atoms with E-state index in [4.69, 9.17) is 4.74 Å². The molecule has 2 N–H and O–H groups in total. The van der Waals surface area contributed by atoms with Gasteiger partial charge in [-0.3, -0.25) is 9.59 Å². The maximum absolute atomic E-state index is 12.3. The van der Waals surface area contributed by atoms with Crippen molar-refractivity contribution in [3.63, 3.8) is 0 Å². The van der Waals surface area contributed by atoms with Crippen LogP contribution in [0.25, 0.3) is 0 Å². The molecule has 1 aliphatic carbocycles. The number of carbonyl (C=O) groups is 2. The van der Waals surface area contributed by atoms with Crippen LogP contribution in [0.5, 0.6) is 5.75 Å². The highest BCUT2D eigenvalue weighted by molar-refractivity contribution is 5.98. The van der Waals surface area contributed by atoms with Crippen LogP contribution < -0.4 is 15.4 Å². The van der Waals surface area contributed by atoms with Gasteiger partial charge in [0.2, 0.25) is 0 Å². The van der Waals surface area contributed by atoms with Crippen LogP contribution in [0.1, 0.15) is 35.7 Å². The maximum Gasteiger partial charge on any atom is 0.265 e. The molecule has 0 aliphatic heterocycles. The lowest BCUT2D eigenvalue weighted by atomic mass is 10.2. The molecule has 5 heteroatoms. The third kappa shape index (κ3) is 4.83. The summed E-state index contributed by atoms with van der Waals surface area (Å²) in [6, 6.07) is 14.8. The Kier molecular flexibility index (Phi) is 5.03. The van der Waals surface area contributed by atoms with Gasteiger partial charge in [-0.1, -0.05) is 23.8 Å². The highest BCUT2D eigenvalue weighted by atomic mass is 16.5. The van der Waals surface area contributed by atoms with Crippen LogP contribution in [0.15, 0.2) is 48.5 Å². The molecule has 0 unspecified atom stereocenters. The van der Waals surface area contributed by atoms with Crippen LogP contribution in [-0.2, 0) is 4.79 Å². The maximum atomic E-state index is 12.3. The summed E-state index contributed by atoms with van der Waals surface area (Å²) in [5, 5.41) is 5.73. The third-order valence-corrected chi connectivity index (χ3v) is 4.01. The summed E-state index contributed by atoms with van der Waals surface area (Å²) in [7, 11) is 0. The molecular formula is C20H22N2O3. The summed E-state index contributed by atoms with van der Waals surface area (Å²) >= 11 is 0. The van der Waals surface area contributed by atoms with E-state index in [9.17, 15) is 9.59 Å². The van der Waals surface area contributed by atoms with Gasteiger partial charge < -0.3 is 15.4 Å². The van der Waals surface area contributed by atoms with Crippen molar-refractivity contribution in [1.82, 2.24) is 5.32 Å². The van der Waals surface area contributed by atoms with Crippen molar-refractivity contribution in [2.24, 2.45) is 0 Å². The molecule has 1 aliphatic rings. The molecule has 0 bridgehead atoms. The fourth-order valence-electron chi connectivity index (χ4n) is 2.35. The van der Waals surface area contributed by atoms with Gasteiger partial charge in [-0.05, 0) is 57.0 Å². The standard InChI is InChI=1S/C20H22N2O3/c1-13-6-10-18(11-7-13)25-14(2)19(23)22-17-5-3-4-15(12-17)20(24)21-16-8-9-16/h3-7,10-12,14,16H,8-9H2,1-2H3,(H,21,24)(H,22,23)/t14-/m0/s1. The van der Waals surface area contributed by atoms with Crippen molar-refractivity contribution >= 4 is 17.5 Å². The van der Waals surface area contributed by atoms with Crippen LogP contribution >= 0.6 is 0 Å². The molecule has 3 rings (SSSR count). The fraction of sp³-hybridized carbons (Fsp3) is 0.300. The Morgan fingerprint density at radius 3 is 2.52 bits per heavy atom. The average molecular weight is 338 g/mol. The smallest absolute Gasteiger partial charge is 0.265 e. The Morgan fingerprint density at radius 2 is 1.84 bits per heavy atom. The van der Waals surface area contributed by atoms with Gasteiger partial charge in [0.1, 0.15) is 5.75 Å². The highest BCUT2D eigenvalue weighted by Crippen LogP contribution is 2.20. The number of ether oxygens (including phenoxy) is 1. The van der Waals surface area contributed by atoms with Crippen molar-refractivity contribution in [2.45, 2.75) is 38.8 Å². The van der Waals surface area contributed by atoms with Crippen molar-refractivity contribution in [1.29, 1.82) is 0 Å². The van der Waals surface area contributed by atoms with Crippen molar-refractivity contribution in [2.75, 3.05) is 5.32 Å². The molecule has 0 aromatic heterocycles. The zero-order valence-electron chi connectivity index (χ0n) is 14.4. The summed E-state index contributed by atoms with van der Waals surface area (Å²) < 4.78 is 5.65. The van der Waals surface area contributed by atoms with E-state index in [1.54, 1.807) is 31.2 Å². The topological polar surface area (TPSA) is 67.4 Å². The van der Waals surface area contributed by atoms with E-state index >= 15 is 0 Å². The number of rotatable bonds is 6. The van der Waals surface area contributed by atoms with Crippen LogP contribution in [0.2, 0.25) is 0 Å². The number of nitrogens with one attached hydrogen (secondary N) is 2. The Balaban J connectivity index is 1.59. The Bertz CT molecular complexity index is 767. The molecule has 2 aromatic carbocycles. The predicted octanol–water partition coefficient (Wildman–Crippen LogP) is 3.29.